The van der Waals surface area contributed by atoms with E-state index in [9.17, 15) is 0 Å². The Labute approximate surface area is 244 Å². The Hall–Kier alpha value is -3.02. The summed E-state index contributed by atoms with van der Waals surface area (Å²) in [5, 5.41) is 7.52. The third kappa shape index (κ3) is 4.57. The maximum absolute atomic E-state index is 7.03. The molecule has 2 saturated carbocycles. The van der Waals surface area contributed by atoms with E-state index in [0.717, 1.165) is 60.0 Å². The topological polar surface area (TPSA) is 45.1 Å². The average molecular weight is 556 g/mol. The smallest absolute Gasteiger partial charge is 0.156 e. The molecule has 2 N–H and O–H groups in total. The van der Waals surface area contributed by atoms with Crippen LogP contribution < -0.4 is 10.6 Å². The molecule has 2 heterocycles. The third-order valence-electron chi connectivity index (χ3n) is 10.0. The molecule has 1 aliphatic heterocycles. The van der Waals surface area contributed by atoms with E-state index >= 15 is 0 Å². The summed E-state index contributed by atoms with van der Waals surface area (Å²) in [7, 11) is 4.08. The molecular weight excluding hydrogens is 514 g/mol. The predicted octanol–water partition coefficient (Wildman–Crippen LogP) is 7.92. The number of nitrogens with one attached hydrogen (secondary N) is 2. The van der Waals surface area contributed by atoms with Gasteiger partial charge in [-0.1, -0.05) is 55.4 Å². The van der Waals surface area contributed by atoms with Crippen LogP contribution in [0.4, 0.5) is 11.4 Å². The summed E-state index contributed by atoms with van der Waals surface area (Å²) in [6, 6.07) is 12.5. The van der Waals surface area contributed by atoms with Crippen molar-refractivity contribution in [2.45, 2.75) is 58.4 Å². The van der Waals surface area contributed by atoms with Gasteiger partial charge in [-0.3, -0.25) is 4.90 Å². The molecule has 1 aromatic heterocycles. The quantitative estimate of drug-likeness (QED) is 0.263. The van der Waals surface area contributed by atoms with Gasteiger partial charge in [-0.2, -0.15) is 0 Å². The first-order valence-electron chi connectivity index (χ1n) is 14.8. The Morgan fingerprint density at radius 3 is 2.50 bits per heavy atom. The van der Waals surface area contributed by atoms with Crippen LogP contribution in [0, 0.1) is 10.8 Å². The second kappa shape index (κ2) is 10.4. The summed E-state index contributed by atoms with van der Waals surface area (Å²) < 4.78 is 2.22. The number of hydrogen-bond donors (Lipinski definition) is 2. The SMILES string of the molecule is C=CC12CCC(CN3CCc4c(nc(C(=C)Nc5cccc(-c6cccc(NC)c6CC)c5Cl)n4C)C3)(CC1)C2. The Balaban J connectivity index is 1.20. The summed E-state index contributed by atoms with van der Waals surface area (Å²) in [5.74, 6) is 0.880. The lowest BCUT2D eigenvalue weighted by Gasteiger charge is -2.35. The molecule has 5 nitrogen and oxygen atoms in total. The van der Waals surface area contributed by atoms with Crippen molar-refractivity contribution in [3.05, 3.63) is 83.4 Å². The van der Waals surface area contributed by atoms with Crippen molar-refractivity contribution in [3.8, 4) is 11.1 Å². The Morgan fingerprint density at radius 1 is 1.10 bits per heavy atom. The fourth-order valence-electron chi connectivity index (χ4n) is 7.84. The van der Waals surface area contributed by atoms with Gasteiger partial charge in [-0.15, -0.1) is 6.58 Å². The summed E-state index contributed by atoms with van der Waals surface area (Å²) in [6.07, 6.45) is 10.8. The summed E-state index contributed by atoms with van der Waals surface area (Å²) >= 11 is 7.03. The van der Waals surface area contributed by atoms with E-state index in [2.05, 4.69) is 83.6 Å². The van der Waals surface area contributed by atoms with Crippen molar-refractivity contribution in [1.82, 2.24) is 14.5 Å². The molecule has 40 heavy (non-hydrogen) atoms. The number of rotatable bonds is 9. The van der Waals surface area contributed by atoms with Gasteiger partial charge in [0.25, 0.3) is 0 Å². The van der Waals surface area contributed by atoms with Crippen LogP contribution >= 0.6 is 11.6 Å². The number of imidazole rings is 1. The minimum Gasteiger partial charge on any atom is -0.388 e. The highest BCUT2D eigenvalue weighted by molar-refractivity contribution is 6.36. The molecule has 6 heteroatoms. The number of benzene rings is 2. The van der Waals surface area contributed by atoms with E-state index in [-0.39, 0.29) is 0 Å². The van der Waals surface area contributed by atoms with Gasteiger partial charge in [0, 0.05) is 57.1 Å². The zero-order valence-corrected chi connectivity index (χ0v) is 25.0. The molecular formula is C34H42ClN5. The number of fused-ring (bicyclic) bond motifs is 3. The minimum absolute atomic E-state index is 0.412. The van der Waals surface area contributed by atoms with E-state index in [1.807, 2.05) is 13.1 Å². The van der Waals surface area contributed by atoms with Gasteiger partial charge in [0.15, 0.2) is 5.82 Å². The summed E-state index contributed by atoms with van der Waals surface area (Å²) in [5.41, 5.74) is 9.55. The maximum Gasteiger partial charge on any atom is 0.156 e. The lowest BCUT2D eigenvalue weighted by atomic mass is 9.81. The van der Waals surface area contributed by atoms with Gasteiger partial charge in [0.05, 0.1) is 22.1 Å². The van der Waals surface area contributed by atoms with Gasteiger partial charge in [-0.25, -0.2) is 4.98 Å². The summed E-state index contributed by atoms with van der Waals surface area (Å²) in [4.78, 5) is 7.76. The molecule has 0 atom stereocenters. The zero-order valence-electron chi connectivity index (χ0n) is 24.2. The normalized spacial score (nSPS) is 23.7. The zero-order chi connectivity index (χ0) is 28.1. The maximum atomic E-state index is 7.03. The number of halogens is 1. The monoisotopic (exact) mass is 555 g/mol. The molecule has 2 aromatic carbocycles. The lowest BCUT2D eigenvalue weighted by molar-refractivity contribution is 0.139. The van der Waals surface area contributed by atoms with Crippen molar-refractivity contribution in [3.63, 3.8) is 0 Å². The Kier molecular flexibility index (Phi) is 7.08. The molecule has 2 bridgehead atoms. The lowest BCUT2D eigenvalue weighted by Crippen LogP contribution is -2.39. The van der Waals surface area contributed by atoms with Crippen LogP contribution in [0.15, 0.2) is 55.6 Å². The van der Waals surface area contributed by atoms with Crippen LogP contribution in [0.3, 0.4) is 0 Å². The molecule has 0 radical (unpaired) electrons. The third-order valence-corrected chi connectivity index (χ3v) is 10.4. The Morgan fingerprint density at radius 2 is 1.82 bits per heavy atom. The average Bonchev–Trinajstić information content (AvgIpc) is 3.63. The van der Waals surface area contributed by atoms with Crippen LogP contribution in [0.5, 0.6) is 0 Å². The van der Waals surface area contributed by atoms with Crippen molar-refractivity contribution < 1.29 is 0 Å². The van der Waals surface area contributed by atoms with Crippen molar-refractivity contribution in [2.24, 2.45) is 17.9 Å². The standard InChI is InChI=1S/C34H42ClN5/c1-6-24-25(10-8-12-27(24)36-4)26-11-9-13-28(31(26)35)37-23(3)32-38-29-20-40(19-14-30(29)39(32)5)22-34-17-15-33(7-2,21-34)16-18-34/h7-13,36-37H,2-3,6,14-22H2,1,4-5H3. The minimum atomic E-state index is 0.412. The number of hydrogen-bond acceptors (Lipinski definition) is 4. The van der Waals surface area contributed by atoms with Crippen LogP contribution in [0.1, 0.15) is 61.8 Å². The van der Waals surface area contributed by atoms with Gasteiger partial charge < -0.3 is 15.2 Å². The van der Waals surface area contributed by atoms with Crippen LogP contribution in [-0.4, -0.2) is 34.6 Å². The number of anilines is 2. The number of aromatic nitrogens is 2. The van der Waals surface area contributed by atoms with E-state index in [1.54, 1.807) is 0 Å². The molecule has 0 amide bonds. The molecule has 2 aliphatic carbocycles. The van der Waals surface area contributed by atoms with Crippen LogP contribution in [0.2, 0.25) is 5.02 Å². The predicted molar refractivity (Wildman–Crippen MR) is 169 cm³/mol. The molecule has 3 aliphatic rings. The second-order valence-electron chi connectivity index (χ2n) is 12.3. The molecule has 0 unspecified atom stereocenters. The molecule has 6 rings (SSSR count). The van der Waals surface area contributed by atoms with E-state index < -0.39 is 0 Å². The van der Waals surface area contributed by atoms with Gasteiger partial charge in [-0.05, 0) is 72.6 Å². The molecule has 210 valence electrons. The second-order valence-corrected chi connectivity index (χ2v) is 12.7. The fraction of sp³-hybridized carbons (Fsp3) is 0.441. The molecule has 0 saturated heterocycles. The van der Waals surface area contributed by atoms with E-state index in [4.69, 9.17) is 16.6 Å². The number of allylic oxidation sites excluding steroid dienone is 1. The fourth-order valence-corrected chi connectivity index (χ4v) is 8.11. The van der Waals surface area contributed by atoms with Crippen LogP contribution in [0.25, 0.3) is 16.8 Å². The van der Waals surface area contributed by atoms with Crippen molar-refractivity contribution in [1.29, 1.82) is 0 Å². The first-order valence-corrected chi connectivity index (χ1v) is 15.1. The molecule has 2 fully saturated rings. The van der Waals surface area contributed by atoms with Gasteiger partial charge in [0.2, 0.25) is 0 Å². The van der Waals surface area contributed by atoms with Crippen molar-refractivity contribution >= 4 is 28.7 Å². The molecule has 3 aromatic rings. The molecule has 0 spiro atoms. The van der Waals surface area contributed by atoms with Crippen LogP contribution in [-0.2, 0) is 26.4 Å². The summed E-state index contributed by atoms with van der Waals surface area (Å²) in [6.45, 7) is 13.9. The highest BCUT2D eigenvalue weighted by Gasteiger charge is 2.53. The van der Waals surface area contributed by atoms with E-state index in [0.29, 0.717) is 15.9 Å². The number of nitrogens with zero attached hydrogens (tertiary/aromatic N) is 3. The highest BCUT2D eigenvalue weighted by atomic mass is 35.5. The highest BCUT2D eigenvalue weighted by Crippen LogP contribution is 2.62. The van der Waals surface area contributed by atoms with Gasteiger partial charge in [0.1, 0.15) is 0 Å². The van der Waals surface area contributed by atoms with Crippen molar-refractivity contribution in [2.75, 3.05) is 30.8 Å². The van der Waals surface area contributed by atoms with Gasteiger partial charge >= 0.3 is 0 Å². The van der Waals surface area contributed by atoms with E-state index in [1.165, 1.54) is 55.6 Å². The Bertz CT molecular complexity index is 1460. The first kappa shape index (κ1) is 27.2. The largest absolute Gasteiger partial charge is 0.388 e. The first-order chi connectivity index (χ1) is 19.3.